The highest BCUT2D eigenvalue weighted by atomic mass is 16.3. The van der Waals surface area contributed by atoms with Crippen molar-refractivity contribution >= 4 is 93.2 Å². The third-order valence-electron chi connectivity index (χ3n) is 11.1. The van der Waals surface area contributed by atoms with Crippen LogP contribution < -0.4 is 0 Å². The van der Waals surface area contributed by atoms with Gasteiger partial charge in [0, 0.05) is 60.9 Å². The van der Waals surface area contributed by atoms with Crippen LogP contribution in [0.2, 0.25) is 0 Å². The highest BCUT2D eigenvalue weighted by Gasteiger charge is 2.22. The van der Waals surface area contributed by atoms with E-state index in [1.165, 1.54) is 10.8 Å². The van der Waals surface area contributed by atoms with E-state index in [1.807, 2.05) is 36.4 Å². The summed E-state index contributed by atoms with van der Waals surface area (Å²) in [5.74, 6) is 0. The van der Waals surface area contributed by atoms with E-state index in [0.717, 1.165) is 99.2 Å². The second-order valence-corrected chi connectivity index (χ2v) is 14.0. The van der Waals surface area contributed by atoms with E-state index < -0.39 is 0 Å². The van der Waals surface area contributed by atoms with Gasteiger partial charge in [-0.2, -0.15) is 0 Å². The molecule has 250 valence electrons. The molecule has 12 aromatic rings. The van der Waals surface area contributed by atoms with Gasteiger partial charge in [-0.15, -0.1) is 0 Å². The molecule has 4 aromatic heterocycles. The van der Waals surface area contributed by atoms with Crippen LogP contribution in [-0.2, 0) is 0 Å². The molecular weight excluding hydrogens is 663 g/mol. The standard InChI is InChI=1S/C49H27N3O2/c1-50-40-16-10-15-31(49(40)52-42-18-7-3-12-33(42)37-26-39-35-14-5-9-20-46(35)54-48(39)28-44(37)52)29-21-23-30(24-22-29)51-41-17-6-2-11-32(41)36-25-38-34-13-4-8-19-45(34)53-47(38)27-43(36)51/h2-28H. The van der Waals surface area contributed by atoms with Crippen LogP contribution in [0.3, 0.4) is 0 Å². The van der Waals surface area contributed by atoms with E-state index in [1.54, 1.807) is 0 Å². The van der Waals surface area contributed by atoms with Crippen molar-refractivity contribution in [1.29, 1.82) is 0 Å². The van der Waals surface area contributed by atoms with Crippen molar-refractivity contribution in [2.75, 3.05) is 0 Å². The number of aromatic nitrogens is 2. The fraction of sp³-hybridized carbons (Fsp3) is 0. The normalized spacial score (nSPS) is 12.1. The average Bonchev–Trinajstić information content (AvgIpc) is 3.96. The molecule has 0 aliphatic rings. The summed E-state index contributed by atoms with van der Waals surface area (Å²) in [6.45, 7) is 8.32. The van der Waals surface area contributed by atoms with Crippen molar-refractivity contribution in [1.82, 2.24) is 9.13 Å². The Bertz CT molecular complexity index is 3570. The summed E-state index contributed by atoms with van der Waals surface area (Å²) in [5, 5.41) is 9.06. The molecule has 0 saturated carbocycles. The molecule has 0 saturated heterocycles. The van der Waals surface area contributed by atoms with E-state index in [2.05, 4.69) is 141 Å². The molecule has 0 fully saturated rings. The summed E-state index contributed by atoms with van der Waals surface area (Å²) in [4.78, 5) is 4.08. The highest BCUT2D eigenvalue weighted by Crippen LogP contribution is 2.44. The molecule has 0 unspecified atom stereocenters. The molecule has 0 aliphatic carbocycles. The zero-order valence-corrected chi connectivity index (χ0v) is 28.7. The molecule has 12 rings (SSSR count). The maximum atomic E-state index is 8.32. The molecule has 0 amide bonds. The Hall–Kier alpha value is -7.55. The summed E-state index contributed by atoms with van der Waals surface area (Å²) >= 11 is 0. The van der Waals surface area contributed by atoms with E-state index in [0.29, 0.717) is 5.69 Å². The smallest absolute Gasteiger partial charge is 0.211 e. The number of benzene rings is 8. The molecule has 4 heterocycles. The lowest BCUT2D eigenvalue weighted by Crippen LogP contribution is -1.98. The number of para-hydroxylation sites is 5. The Morgan fingerprint density at radius 3 is 1.50 bits per heavy atom. The largest absolute Gasteiger partial charge is 0.456 e. The minimum Gasteiger partial charge on any atom is -0.456 e. The molecule has 0 bridgehead atoms. The lowest BCUT2D eigenvalue weighted by atomic mass is 10.0. The lowest BCUT2D eigenvalue weighted by Gasteiger charge is -2.17. The fourth-order valence-corrected chi connectivity index (χ4v) is 8.77. The summed E-state index contributed by atoms with van der Waals surface area (Å²) < 4.78 is 17.3. The first-order valence-electron chi connectivity index (χ1n) is 18.0. The van der Waals surface area contributed by atoms with Gasteiger partial charge in [0.1, 0.15) is 22.3 Å². The monoisotopic (exact) mass is 689 g/mol. The molecule has 8 aromatic carbocycles. The van der Waals surface area contributed by atoms with E-state index in [4.69, 9.17) is 15.4 Å². The number of furan rings is 2. The first-order chi connectivity index (χ1) is 26.7. The Morgan fingerprint density at radius 1 is 0.389 bits per heavy atom. The first kappa shape index (κ1) is 29.1. The topological polar surface area (TPSA) is 40.5 Å². The Labute approximate surface area is 307 Å². The molecule has 0 radical (unpaired) electrons. The Kier molecular flexibility index (Phi) is 5.78. The van der Waals surface area contributed by atoms with Gasteiger partial charge in [0.05, 0.1) is 34.3 Å². The zero-order valence-electron chi connectivity index (χ0n) is 28.7. The van der Waals surface area contributed by atoms with E-state index in [-0.39, 0.29) is 0 Å². The minimum atomic E-state index is 0.584. The molecule has 0 spiro atoms. The molecule has 5 heteroatoms. The summed E-state index contributed by atoms with van der Waals surface area (Å²) in [5.41, 5.74) is 12.2. The SMILES string of the molecule is [C-]#[N+]c1cccc(-c2ccc(-n3c4ccccc4c4cc5c(cc43)oc3ccccc35)cc2)c1-n1c2ccccc2c2cc3c(cc21)oc1ccccc13. The third kappa shape index (κ3) is 3.91. The van der Waals surface area contributed by atoms with Gasteiger partial charge in [0.25, 0.3) is 0 Å². The molecule has 5 nitrogen and oxygen atoms in total. The van der Waals surface area contributed by atoms with Crippen molar-refractivity contribution in [2.45, 2.75) is 0 Å². The predicted molar refractivity (Wildman–Crippen MR) is 221 cm³/mol. The maximum Gasteiger partial charge on any atom is 0.211 e. The van der Waals surface area contributed by atoms with E-state index >= 15 is 0 Å². The Morgan fingerprint density at radius 2 is 0.907 bits per heavy atom. The van der Waals surface area contributed by atoms with Gasteiger partial charge in [-0.05, 0) is 59.7 Å². The van der Waals surface area contributed by atoms with Crippen LogP contribution in [0.15, 0.2) is 173 Å². The van der Waals surface area contributed by atoms with Crippen LogP contribution in [0, 0.1) is 6.57 Å². The van der Waals surface area contributed by atoms with Crippen molar-refractivity contribution in [3.8, 4) is 22.5 Å². The van der Waals surface area contributed by atoms with Crippen LogP contribution in [-0.4, -0.2) is 9.13 Å². The summed E-state index contributed by atoms with van der Waals surface area (Å²) in [6, 6.07) is 57.0. The second-order valence-electron chi connectivity index (χ2n) is 14.0. The summed E-state index contributed by atoms with van der Waals surface area (Å²) in [7, 11) is 0. The van der Waals surface area contributed by atoms with Gasteiger partial charge >= 0.3 is 0 Å². The minimum absolute atomic E-state index is 0.584. The number of hydrogen-bond donors (Lipinski definition) is 0. The first-order valence-corrected chi connectivity index (χ1v) is 18.0. The second kappa shape index (κ2) is 10.7. The Balaban J connectivity index is 1.07. The molecular formula is C49H27N3O2. The third-order valence-corrected chi connectivity index (χ3v) is 11.1. The van der Waals surface area contributed by atoms with Gasteiger partial charge in [-0.1, -0.05) is 103 Å². The van der Waals surface area contributed by atoms with Crippen LogP contribution in [0.5, 0.6) is 0 Å². The van der Waals surface area contributed by atoms with Gasteiger partial charge in [-0.3, -0.25) is 0 Å². The quantitative estimate of drug-likeness (QED) is 0.173. The van der Waals surface area contributed by atoms with Crippen LogP contribution in [0.4, 0.5) is 5.69 Å². The van der Waals surface area contributed by atoms with Gasteiger partial charge in [0.2, 0.25) is 5.69 Å². The van der Waals surface area contributed by atoms with Crippen molar-refractivity contribution in [2.24, 2.45) is 0 Å². The lowest BCUT2D eigenvalue weighted by molar-refractivity contribution is 0.669. The molecule has 0 atom stereocenters. The molecule has 0 N–H and O–H groups in total. The van der Waals surface area contributed by atoms with Crippen molar-refractivity contribution in [3.05, 3.63) is 175 Å². The number of nitrogens with zero attached hydrogens (tertiary/aromatic N) is 3. The fourth-order valence-electron chi connectivity index (χ4n) is 8.77. The predicted octanol–water partition coefficient (Wildman–Crippen LogP) is 13.9. The van der Waals surface area contributed by atoms with E-state index in [9.17, 15) is 0 Å². The van der Waals surface area contributed by atoms with Crippen LogP contribution in [0.25, 0.3) is 115 Å². The van der Waals surface area contributed by atoms with Gasteiger partial charge in [0.15, 0.2) is 0 Å². The number of fused-ring (bicyclic) bond motifs is 12. The van der Waals surface area contributed by atoms with Gasteiger partial charge < -0.3 is 18.0 Å². The average molecular weight is 690 g/mol. The summed E-state index contributed by atoms with van der Waals surface area (Å²) in [6.07, 6.45) is 0. The zero-order chi connectivity index (χ0) is 35.5. The molecule has 0 aliphatic heterocycles. The van der Waals surface area contributed by atoms with Gasteiger partial charge in [-0.25, -0.2) is 4.85 Å². The van der Waals surface area contributed by atoms with Crippen molar-refractivity contribution < 1.29 is 8.83 Å². The number of hydrogen-bond acceptors (Lipinski definition) is 2. The number of rotatable bonds is 3. The van der Waals surface area contributed by atoms with Crippen molar-refractivity contribution in [3.63, 3.8) is 0 Å². The molecule has 54 heavy (non-hydrogen) atoms. The maximum absolute atomic E-state index is 8.32. The van der Waals surface area contributed by atoms with Crippen LogP contribution in [0.1, 0.15) is 0 Å². The highest BCUT2D eigenvalue weighted by molar-refractivity contribution is 6.19. The van der Waals surface area contributed by atoms with Crippen LogP contribution >= 0.6 is 0 Å².